The van der Waals surface area contributed by atoms with Crippen LogP contribution in [0.25, 0.3) is 0 Å². The van der Waals surface area contributed by atoms with E-state index < -0.39 is 17.4 Å². The number of rotatable bonds is 7. The van der Waals surface area contributed by atoms with Crippen molar-refractivity contribution in [3.05, 3.63) is 0 Å². The van der Waals surface area contributed by atoms with Crippen molar-refractivity contribution in [3.8, 4) is 0 Å². The van der Waals surface area contributed by atoms with Crippen molar-refractivity contribution in [2.75, 3.05) is 0 Å². The molecule has 2 N–H and O–H groups in total. The largest absolute Gasteiger partial charge is 0.481 e. The zero-order chi connectivity index (χ0) is 18.6. The second-order valence-corrected chi connectivity index (χ2v) is 9.24. The van der Waals surface area contributed by atoms with E-state index in [1.807, 2.05) is 0 Å². The van der Waals surface area contributed by atoms with Gasteiger partial charge in [-0.25, -0.2) is 0 Å². The van der Waals surface area contributed by atoms with Gasteiger partial charge in [-0.3, -0.25) is 9.59 Å². The van der Waals surface area contributed by atoms with Crippen LogP contribution in [0.5, 0.6) is 0 Å². The highest BCUT2D eigenvalue weighted by Gasteiger charge is 2.55. The summed E-state index contributed by atoms with van der Waals surface area (Å²) in [5.41, 5.74) is -1.19. The zero-order valence-corrected chi connectivity index (χ0v) is 15.6. The summed E-state index contributed by atoms with van der Waals surface area (Å²) in [4.78, 5) is 24.0. The zero-order valence-electron chi connectivity index (χ0n) is 15.6. The van der Waals surface area contributed by atoms with E-state index in [1.165, 1.54) is 0 Å². The Labute approximate surface area is 154 Å². The second-order valence-electron chi connectivity index (χ2n) is 9.24. The van der Waals surface area contributed by atoms with Gasteiger partial charge in [0.2, 0.25) is 0 Å². The number of hydrogen-bond acceptors (Lipinski definition) is 4. The van der Waals surface area contributed by atoms with Crippen LogP contribution in [0.2, 0.25) is 0 Å². The second kappa shape index (κ2) is 6.48. The van der Waals surface area contributed by atoms with Crippen molar-refractivity contribution in [1.82, 2.24) is 0 Å². The standard InChI is InChI=1S/C20H30O6/c1-10-12(3-5-14-17(10)25-14)7-20(19(23)24,9-16(21)22)8-13-4-6-15-18(26-15)11(13)2/h10-15,17-18H,3-9H2,1-2H3,(H,21,22)(H,23,24). The Hall–Kier alpha value is -1.14. The van der Waals surface area contributed by atoms with Crippen LogP contribution < -0.4 is 0 Å². The maximum atomic E-state index is 12.4. The van der Waals surface area contributed by atoms with Gasteiger partial charge in [-0.2, -0.15) is 0 Å². The molecule has 0 aromatic rings. The SMILES string of the molecule is CC1C(CC(CC(=O)O)(CC2CCC3OC3C2C)C(=O)O)CCC2OC21. The molecule has 4 aliphatic rings. The van der Waals surface area contributed by atoms with Crippen LogP contribution in [0.15, 0.2) is 0 Å². The van der Waals surface area contributed by atoms with Crippen LogP contribution in [0.1, 0.15) is 58.8 Å². The molecular weight excluding hydrogens is 336 g/mol. The number of ether oxygens (including phenoxy) is 2. The Morgan fingerprint density at radius 3 is 1.73 bits per heavy atom. The smallest absolute Gasteiger partial charge is 0.310 e. The van der Waals surface area contributed by atoms with Gasteiger partial charge < -0.3 is 19.7 Å². The Kier molecular flexibility index (Phi) is 4.55. The fraction of sp³-hybridized carbons (Fsp3) is 0.900. The minimum absolute atomic E-state index is 0.220. The molecule has 26 heavy (non-hydrogen) atoms. The van der Waals surface area contributed by atoms with Crippen molar-refractivity contribution in [3.63, 3.8) is 0 Å². The molecule has 6 nitrogen and oxygen atoms in total. The van der Waals surface area contributed by atoms with Crippen molar-refractivity contribution in [1.29, 1.82) is 0 Å². The average molecular weight is 366 g/mol. The molecule has 0 aromatic heterocycles. The molecule has 146 valence electrons. The highest BCUT2D eigenvalue weighted by atomic mass is 16.6. The minimum atomic E-state index is -1.19. The van der Waals surface area contributed by atoms with E-state index in [4.69, 9.17) is 9.47 Å². The van der Waals surface area contributed by atoms with E-state index in [0.717, 1.165) is 25.7 Å². The van der Waals surface area contributed by atoms with Gasteiger partial charge in [0.25, 0.3) is 0 Å². The molecule has 0 radical (unpaired) electrons. The molecule has 0 aromatic carbocycles. The molecule has 0 bridgehead atoms. The number of aliphatic carboxylic acids is 2. The van der Waals surface area contributed by atoms with Gasteiger partial charge in [0.05, 0.1) is 36.3 Å². The first kappa shape index (κ1) is 18.2. The van der Waals surface area contributed by atoms with E-state index in [2.05, 4.69) is 13.8 Å². The Bertz CT molecular complexity index is 555. The van der Waals surface area contributed by atoms with Gasteiger partial charge in [0, 0.05) is 0 Å². The molecule has 2 aliphatic carbocycles. The molecule has 8 atom stereocenters. The van der Waals surface area contributed by atoms with Gasteiger partial charge in [-0.05, 0) is 62.2 Å². The highest BCUT2D eigenvalue weighted by Crippen LogP contribution is 2.52. The van der Waals surface area contributed by atoms with Gasteiger partial charge >= 0.3 is 11.9 Å². The average Bonchev–Trinajstić information content (AvgIpc) is 3.45. The molecule has 2 saturated carbocycles. The van der Waals surface area contributed by atoms with Crippen LogP contribution >= 0.6 is 0 Å². The molecule has 4 rings (SSSR count). The number of carbonyl (C=O) groups is 2. The van der Waals surface area contributed by atoms with Crippen molar-refractivity contribution >= 4 is 11.9 Å². The normalized spacial score (nSPS) is 45.8. The van der Waals surface area contributed by atoms with Crippen LogP contribution in [0, 0.1) is 29.1 Å². The maximum Gasteiger partial charge on any atom is 0.310 e. The summed E-state index contributed by atoms with van der Waals surface area (Å²) in [6.07, 6.45) is 5.61. The lowest BCUT2D eigenvalue weighted by Gasteiger charge is -2.39. The molecule has 2 saturated heterocycles. The topological polar surface area (TPSA) is 99.7 Å². The molecule has 2 aliphatic heterocycles. The van der Waals surface area contributed by atoms with E-state index in [1.54, 1.807) is 0 Å². The summed E-state index contributed by atoms with van der Waals surface area (Å²) in [6.45, 7) is 4.27. The predicted octanol–water partition coefficient (Wildman–Crippen LogP) is 2.94. The van der Waals surface area contributed by atoms with Crippen molar-refractivity contribution in [2.45, 2.75) is 83.2 Å². The Balaban J connectivity index is 1.53. The number of epoxide rings is 2. The molecule has 0 amide bonds. The van der Waals surface area contributed by atoms with Crippen LogP contribution in [-0.2, 0) is 19.1 Å². The molecule has 0 spiro atoms. The fourth-order valence-corrected chi connectivity index (χ4v) is 5.87. The number of fused-ring (bicyclic) bond motifs is 2. The third-order valence-electron chi connectivity index (χ3n) is 7.66. The summed E-state index contributed by atoms with van der Waals surface area (Å²) in [5.74, 6) is -0.907. The lowest BCUT2D eigenvalue weighted by Crippen LogP contribution is -2.42. The van der Waals surface area contributed by atoms with E-state index in [-0.39, 0.29) is 30.5 Å². The van der Waals surface area contributed by atoms with Gasteiger partial charge in [0.15, 0.2) is 0 Å². The summed E-state index contributed by atoms with van der Waals surface area (Å²) in [7, 11) is 0. The molecule has 6 heteroatoms. The summed E-state index contributed by atoms with van der Waals surface area (Å²) in [5, 5.41) is 19.6. The summed E-state index contributed by atoms with van der Waals surface area (Å²) < 4.78 is 11.4. The number of carboxylic acid groups (broad SMARTS) is 2. The maximum absolute atomic E-state index is 12.4. The summed E-state index contributed by atoms with van der Waals surface area (Å²) >= 11 is 0. The predicted molar refractivity (Wildman–Crippen MR) is 92.7 cm³/mol. The van der Waals surface area contributed by atoms with Gasteiger partial charge in [-0.15, -0.1) is 0 Å². The Morgan fingerprint density at radius 2 is 1.35 bits per heavy atom. The van der Waals surface area contributed by atoms with Crippen LogP contribution in [0.4, 0.5) is 0 Å². The monoisotopic (exact) mass is 366 g/mol. The Morgan fingerprint density at radius 1 is 0.885 bits per heavy atom. The lowest BCUT2D eigenvalue weighted by atomic mass is 9.63. The van der Waals surface area contributed by atoms with E-state index >= 15 is 0 Å². The van der Waals surface area contributed by atoms with Gasteiger partial charge in [0.1, 0.15) is 0 Å². The minimum Gasteiger partial charge on any atom is -0.481 e. The van der Waals surface area contributed by atoms with Crippen LogP contribution in [-0.4, -0.2) is 46.6 Å². The highest BCUT2D eigenvalue weighted by molar-refractivity contribution is 5.81. The quantitative estimate of drug-likeness (QED) is 0.672. The molecular formula is C20H30O6. The summed E-state index contributed by atoms with van der Waals surface area (Å²) in [6, 6.07) is 0. The molecule has 2 heterocycles. The molecule has 4 fully saturated rings. The first-order valence-electron chi connectivity index (χ1n) is 10.1. The van der Waals surface area contributed by atoms with Crippen LogP contribution in [0.3, 0.4) is 0 Å². The third kappa shape index (κ3) is 3.26. The van der Waals surface area contributed by atoms with Gasteiger partial charge in [-0.1, -0.05) is 13.8 Å². The fourth-order valence-electron chi connectivity index (χ4n) is 5.87. The number of carboxylic acids is 2. The first-order valence-corrected chi connectivity index (χ1v) is 10.1. The van der Waals surface area contributed by atoms with E-state index in [0.29, 0.717) is 36.9 Å². The number of hydrogen-bond donors (Lipinski definition) is 2. The van der Waals surface area contributed by atoms with Crippen molar-refractivity contribution in [2.24, 2.45) is 29.1 Å². The lowest BCUT2D eigenvalue weighted by molar-refractivity contribution is -0.159. The van der Waals surface area contributed by atoms with Crippen molar-refractivity contribution < 1.29 is 29.3 Å². The van der Waals surface area contributed by atoms with E-state index in [9.17, 15) is 19.8 Å². The molecule has 8 unspecified atom stereocenters. The third-order valence-corrected chi connectivity index (χ3v) is 7.66. The first-order chi connectivity index (χ1) is 12.3.